The van der Waals surface area contributed by atoms with Crippen LogP contribution in [-0.2, 0) is 6.42 Å². The molecule has 1 heterocycles. The predicted octanol–water partition coefficient (Wildman–Crippen LogP) is 2.03. The molecule has 1 atom stereocenters. The van der Waals surface area contributed by atoms with Gasteiger partial charge in [-0.15, -0.1) is 5.10 Å². The number of benzene rings is 1. The van der Waals surface area contributed by atoms with E-state index in [1.807, 2.05) is 12.3 Å². The highest BCUT2D eigenvalue weighted by atomic mass is 15.3. The molecule has 3 rings (SSSR count). The lowest BCUT2D eigenvalue weighted by atomic mass is 9.81. The molecule has 0 radical (unpaired) electrons. The lowest BCUT2D eigenvalue weighted by Gasteiger charge is -2.24. The maximum absolute atomic E-state index is 5.40. The molecule has 5 N–H and O–H groups in total. The standard InChI is InChI=1S/C16H19N5/c1-10-9-19-13-7-12(11-5-3-2-4-6-11)8-14(15(10)13)20-21-16(17)18/h2-6,9,12,19H,7-8H2,1H3,(H4,17,18,21)/b20-14+. The van der Waals surface area contributed by atoms with Crippen LogP contribution in [0.4, 0.5) is 0 Å². The van der Waals surface area contributed by atoms with Crippen molar-refractivity contribution in [1.82, 2.24) is 4.98 Å². The van der Waals surface area contributed by atoms with E-state index in [0.29, 0.717) is 5.92 Å². The normalized spacial score (nSPS) is 19.3. The maximum Gasteiger partial charge on any atom is 0.211 e. The van der Waals surface area contributed by atoms with Crippen LogP contribution in [-0.4, -0.2) is 16.7 Å². The molecule has 1 aromatic carbocycles. The Kier molecular flexibility index (Phi) is 3.48. The van der Waals surface area contributed by atoms with Crippen molar-refractivity contribution in [3.8, 4) is 0 Å². The zero-order valence-electron chi connectivity index (χ0n) is 12.0. The van der Waals surface area contributed by atoms with Crippen LogP contribution >= 0.6 is 0 Å². The smallest absolute Gasteiger partial charge is 0.211 e. The van der Waals surface area contributed by atoms with Gasteiger partial charge in [0.05, 0.1) is 5.71 Å². The Morgan fingerprint density at radius 3 is 2.67 bits per heavy atom. The molecule has 0 amide bonds. The van der Waals surface area contributed by atoms with Gasteiger partial charge in [-0.2, -0.15) is 5.10 Å². The van der Waals surface area contributed by atoms with Gasteiger partial charge in [-0.3, -0.25) is 0 Å². The van der Waals surface area contributed by atoms with Crippen LogP contribution in [0.25, 0.3) is 0 Å². The lowest BCUT2D eigenvalue weighted by Crippen LogP contribution is -2.23. The van der Waals surface area contributed by atoms with E-state index in [-0.39, 0.29) is 5.96 Å². The fraction of sp³-hybridized carbons (Fsp3) is 0.250. The third kappa shape index (κ3) is 2.67. The van der Waals surface area contributed by atoms with Crippen LogP contribution in [0.5, 0.6) is 0 Å². The second-order valence-electron chi connectivity index (χ2n) is 5.41. The molecule has 1 aliphatic rings. The molecule has 5 heteroatoms. The number of nitrogens with two attached hydrogens (primary N) is 2. The summed E-state index contributed by atoms with van der Waals surface area (Å²) in [6, 6.07) is 10.5. The third-order valence-electron chi connectivity index (χ3n) is 3.90. The topological polar surface area (TPSA) is 92.5 Å². The summed E-state index contributed by atoms with van der Waals surface area (Å²) in [5, 5.41) is 8.11. The minimum Gasteiger partial charge on any atom is -0.369 e. The summed E-state index contributed by atoms with van der Waals surface area (Å²) in [6.07, 6.45) is 3.84. The van der Waals surface area contributed by atoms with Crippen molar-refractivity contribution < 1.29 is 0 Å². The summed E-state index contributed by atoms with van der Waals surface area (Å²) < 4.78 is 0. The van der Waals surface area contributed by atoms with Gasteiger partial charge in [-0.25, -0.2) is 0 Å². The first-order chi connectivity index (χ1) is 10.1. The van der Waals surface area contributed by atoms with Gasteiger partial charge >= 0.3 is 0 Å². The van der Waals surface area contributed by atoms with Gasteiger partial charge in [0.25, 0.3) is 0 Å². The molecule has 21 heavy (non-hydrogen) atoms. The SMILES string of the molecule is Cc1c[nH]c2c1/C(=N/N=C(N)N)CC(c1ccccc1)C2. The Labute approximate surface area is 123 Å². The third-order valence-corrected chi connectivity index (χ3v) is 3.90. The molecule has 0 aliphatic heterocycles. The van der Waals surface area contributed by atoms with E-state index in [9.17, 15) is 0 Å². The zero-order chi connectivity index (χ0) is 14.8. The van der Waals surface area contributed by atoms with Gasteiger partial charge in [0.2, 0.25) is 5.96 Å². The van der Waals surface area contributed by atoms with Crippen molar-refractivity contribution in [2.45, 2.75) is 25.7 Å². The predicted molar refractivity (Wildman–Crippen MR) is 85.4 cm³/mol. The number of nitrogens with one attached hydrogen (secondary N) is 1. The van der Waals surface area contributed by atoms with Crippen molar-refractivity contribution in [1.29, 1.82) is 0 Å². The van der Waals surface area contributed by atoms with Gasteiger partial charge in [0.15, 0.2) is 0 Å². The summed E-state index contributed by atoms with van der Waals surface area (Å²) in [5.74, 6) is 0.378. The van der Waals surface area contributed by atoms with Gasteiger partial charge in [0, 0.05) is 17.5 Å². The zero-order valence-corrected chi connectivity index (χ0v) is 12.0. The Morgan fingerprint density at radius 1 is 1.19 bits per heavy atom. The highest BCUT2D eigenvalue weighted by Crippen LogP contribution is 2.34. The summed E-state index contributed by atoms with van der Waals surface area (Å²) in [4.78, 5) is 3.35. The molecular weight excluding hydrogens is 262 g/mol. The molecule has 1 aliphatic carbocycles. The number of hydrogen-bond donors (Lipinski definition) is 3. The summed E-state index contributed by atoms with van der Waals surface area (Å²) in [7, 11) is 0. The Morgan fingerprint density at radius 2 is 1.95 bits per heavy atom. The molecule has 0 spiro atoms. The molecular formula is C16H19N5. The van der Waals surface area contributed by atoms with Gasteiger partial charge in [0.1, 0.15) is 0 Å². The van der Waals surface area contributed by atoms with Gasteiger partial charge in [-0.1, -0.05) is 30.3 Å². The van der Waals surface area contributed by atoms with Crippen LogP contribution in [0, 0.1) is 6.92 Å². The number of nitrogens with zero attached hydrogens (tertiary/aromatic N) is 2. The Bertz CT molecular complexity index is 693. The average molecular weight is 281 g/mol. The van der Waals surface area contributed by atoms with Gasteiger partial charge < -0.3 is 16.5 Å². The average Bonchev–Trinajstić information content (AvgIpc) is 2.87. The summed E-state index contributed by atoms with van der Waals surface area (Å²) in [5.41, 5.74) is 16.6. The molecule has 0 saturated heterocycles. The molecule has 1 aromatic heterocycles. The number of aryl methyl sites for hydroxylation is 1. The van der Waals surface area contributed by atoms with Crippen molar-refractivity contribution in [3.05, 3.63) is 58.9 Å². The molecule has 1 unspecified atom stereocenters. The highest BCUT2D eigenvalue weighted by Gasteiger charge is 2.27. The van der Waals surface area contributed by atoms with E-state index in [2.05, 4.69) is 46.4 Å². The molecule has 0 saturated carbocycles. The molecule has 108 valence electrons. The first-order valence-corrected chi connectivity index (χ1v) is 7.02. The second kappa shape index (κ2) is 5.44. The van der Waals surface area contributed by atoms with Gasteiger partial charge in [-0.05, 0) is 36.8 Å². The quantitative estimate of drug-likeness (QED) is 0.446. The minimum absolute atomic E-state index is 0.0147. The Hall–Kier alpha value is -2.56. The summed E-state index contributed by atoms with van der Waals surface area (Å²) >= 11 is 0. The largest absolute Gasteiger partial charge is 0.369 e. The number of aromatic amines is 1. The monoisotopic (exact) mass is 281 g/mol. The van der Waals surface area contributed by atoms with E-state index in [4.69, 9.17) is 11.5 Å². The molecule has 5 nitrogen and oxygen atoms in total. The number of hydrogen-bond acceptors (Lipinski definition) is 2. The Balaban J connectivity index is 2.01. The lowest BCUT2D eigenvalue weighted by molar-refractivity contribution is 0.683. The number of guanidine groups is 1. The van der Waals surface area contributed by atoms with E-state index >= 15 is 0 Å². The maximum atomic E-state index is 5.40. The number of fused-ring (bicyclic) bond motifs is 1. The first kappa shape index (κ1) is 13.4. The van der Waals surface area contributed by atoms with Crippen molar-refractivity contribution in [3.63, 3.8) is 0 Å². The van der Waals surface area contributed by atoms with Crippen LogP contribution < -0.4 is 11.5 Å². The van der Waals surface area contributed by atoms with Crippen molar-refractivity contribution >= 4 is 11.7 Å². The number of H-pyrrole nitrogens is 1. The fourth-order valence-electron chi connectivity index (χ4n) is 2.96. The van der Waals surface area contributed by atoms with Crippen molar-refractivity contribution in [2.75, 3.05) is 0 Å². The number of aromatic nitrogens is 1. The van der Waals surface area contributed by atoms with E-state index in [0.717, 1.165) is 24.1 Å². The van der Waals surface area contributed by atoms with Crippen molar-refractivity contribution in [2.24, 2.45) is 21.7 Å². The fourth-order valence-corrected chi connectivity index (χ4v) is 2.96. The van der Waals surface area contributed by atoms with E-state index < -0.39 is 0 Å². The van der Waals surface area contributed by atoms with Crippen LogP contribution in [0.15, 0.2) is 46.7 Å². The molecule has 0 bridgehead atoms. The number of rotatable bonds is 2. The van der Waals surface area contributed by atoms with Crippen LogP contribution in [0.3, 0.4) is 0 Å². The van der Waals surface area contributed by atoms with Crippen LogP contribution in [0.2, 0.25) is 0 Å². The van der Waals surface area contributed by atoms with E-state index in [1.165, 1.54) is 16.8 Å². The molecule has 0 fully saturated rings. The highest BCUT2D eigenvalue weighted by molar-refractivity contribution is 6.04. The second-order valence-corrected chi connectivity index (χ2v) is 5.41. The van der Waals surface area contributed by atoms with Crippen LogP contribution in [0.1, 0.15) is 34.7 Å². The summed E-state index contributed by atoms with van der Waals surface area (Å²) in [6.45, 7) is 2.07. The molecule has 2 aromatic rings. The van der Waals surface area contributed by atoms with E-state index in [1.54, 1.807) is 0 Å². The minimum atomic E-state index is -0.0147. The first-order valence-electron chi connectivity index (χ1n) is 7.02.